The third-order valence-corrected chi connectivity index (χ3v) is 5.68. The van der Waals surface area contributed by atoms with E-state index in [0.29, 0.717) is 16.8 Å². The fourth-order valence-corrected chi connectivity index (χ4v) is 4.11. The molecule has 6 nitrogen and oxygen atoms in total. The topological polar surface area (TPSA) is 95.5 Å². The van der Waals surface area contributed by atoms with E-state index in [9.17, 15) is 13.2 Å². The van der Waals surface area contributed by atoms with Gasteiger partial charge in [-0.2, -0.15) is 0 Å². The van der Waals surface area contributed by atoms with Gasteiger partial charge in [-0.15, -0.1) is 0 Å². The predicted octanol–water partition coefficient (Wildman–Crippen LogP) is 3.43. The van der Waals surface area contributed by atoms with Crippen molar-refractivity contribution in [2.24, 2.45) is 0 Å². The Labute approximate surface area is 163 Å². The van der Waals surface area contributed by atoms with E-state index in [2.05, 4.69) is 4.72 Å². The van der Waals surface area contributed by atoms with Crippen LogP contribution in [0, 0.1) is 6.92 Å². The van der Waals surface area contributed by atoms with Gasteiger partial charge in [-0.3, -0.25) is 14.7 Å². The molecule has 0 aliphatic heterocycles. The number of amides is 1. The third kappa shape index (κ3) is 4.39. The normalized spacial score (nSPS) is 12.2. The molecule has 0 aliphatic rings. The van der Waals surface area contributed by atoms with Gasteiger partial charge in [0, 0.05) is 5.69 Å². The second-order valence-electron chi connectivity index (χ2n) is 6.36. The van der Waals surface area contributed by atoms with Crippen molar-refractivity contribution in [3.05, 3.63) is 95.6 Å². The summed E-state index contributed by atoms with van der Waals surface area (Å²) in [6.45, 7) is 1.82. The Morgan fingerprint density at radius 3 is 2.14 bits per heavy atom. The lowest BCUT2D eigenvalue weighted by Crippen LogP contribution is -2.27. The van der Waals surface area contributed by atoms with Gasteiger partial charge in [-0.1, -0.05) is 54.6 Å². The third-order valence-electron chi connectivity index (χ3n) is 4.30. The summed E-state index contributed by atoms with van der Waals surface area (Å²) in [5.74, 6) is -1.28. The van der Waals surface area contributed by atoms with Crippen LogP contribution in [0.15, 0.2) is 83.8 Å². The summed E-state index contributed by atoms with van der Waals surface area (Å²) >= 11 is 0. The van der Waals surface area contributed by atoms with E-state index in [1.54, 1.807) is 66.1 Å². The number of nitrogens with one attached hydrogen (secondary N) is 2. The summed E-state index contributed by atoms with van der Waals surface area (Å²) in [7, 11) is -3.71. The molecule has 3 aromatic carbocycles. The number of hydrogen-bond donors (Lipinski definition) is 3. The van der Waals surface area contributed by atoms with Crippen LogP contribution in [-0.4, -0.2) is 19.5 Å². The van der Waals surface area contributed by atoms with Gasteiger partial charge in [-0.25, -0.2) is 13.9 Å². The Hall–Kier alpha value is -3.16. The van der Waals surface area contributed by atoms with Crippen LogP contribution in [0.5, 0.6) is 0 Å². The second-order valence-corrected chi connectivity index (χ2v) is 8.05. The lowest BCUT2D eigenvalue weighted by molar-refractivity contribution is -0.129. The first-order valence-corrected chi connectivity index (χ1v) is 10.1. The Kier molecular flexibility index (Phi) is 5.77. The van der Waals surface area contributed by atoms with Crippen LogP contribution >= 0.6 is 0 Å². The van der Waals surface area contributed by atoms with Crippen LogP contribution in [0.1, 0.15) is 22.6 Å². The molecule has 0 saturated carbocycles. The number of sulfonamides is 1. The fourth-order valence-electron chi connectivity index (χ4n) is 2.95. The fraction of sp³-hybridized carbons (Fsp3) is 0.0952. The standard InChI is InChI=1S/C21H20N2O4S/c1-15-6-5-9-19(14-15)28(26,27)23-18-12-10-17(11-13-18)20(21(24)22-25)16-7-3-2-4-8-16/h2-14,20,23,25H,1H3,(H,22,24). The molecule has 1 unspecified atom stereocenters. The molecule has 0 fully saturated rings. The van der Waals surface area contributed by atoms with E-state index in [-0.39, 0.29) is 4.90 Å². The minimum atomic E-state index is -3.71. The molecule has 0 spiro atoms. The predicted molar refractivity (Wildman–Crippen MR) is 107 cm³/mol. The van der Waals surface area contributed by atoms with E-state index >= 15 is 0 Å². The first kappa shape index (κ1) is 19.6. The van der Waals surface area contributed by atoms with Crippen molar-refractivity contribution in [2.45, 2.75) is 17.7 Å². The molecule has 144 valence electrons. The summed E-state index contributed by atoms with van der Waals surface area (Å²) < 4.78 is 27.6. The number of hydrogen-bond acceptors (Lipinski definition) is 4. The Bertz CT molecular complexity index is 1070. The van der Waals surface area contributed by atoms with Crippen LogP contribution in [0.25, 0.3) is 0 Å². The molecule has 0 saturated heterocycles. The summed E-state index contributed by atoms with van der Waals surface area (Å²) in [5.41, 5.74) is 4.25. The largest absolute Gasteiger partial charge is 0.289 e. The van der Waals surface area contributed by atoms with Gasteiger partial charge in [-0.05, 0) is 47.9 Å². The van der Waals surface area contributed by atoms with Crippen molar-refractivity contribution in [3.8, 4) is 0 Å². The molecule has 3 aromatic rings. The first-order valence-electron chi connectivity index (χ1n) is 8.59. The van der Waals surface area contributed by atoms with E-state index in [4.69, 9.17) is 5.21 Å². The Morgan fingerprint density at radius 2 is 1.54 bits per heavy atom. The van der Waals surface area contributed by atoms with E-state index in [1.807, 2.05) is 19.1 Å². The minimum absolute atomic E-state index is 0.179. The lowest BCUT2D eigenvalue weighted by atomic mass is 9.90. The number of carbonyl (C=O) groups is 1. The van der Waals surface area contributed by atoms with Crippen molar-refractivity contribution in [3.63, 3.8) is 0 Å². The number of hydroxylamine groups is 1. The number of benzene rings is 3. The molecular formula is C21H20N2O4S. The van der Waals surface area contributed by atoms with E-state index < -0.39 is 21.8 Å². The maximum atomic E-state index is 12.5. The summed E-state index contributed by atoms with van der Waals surface area (Å²) in [4.78, 5) is 12.3. The molecule has 1 amide bonds. The molecule has 0 aromatic heterocycles. The van der Waals surface area contributed by atoms with Crippen LogP contribution in [0.3, 0.4) is 0 Å². The van der Waals surface area contributed by atoms with Gasteiger partial charge in [0.15, 0.2) is 0 Å². The van der Waals surface area contributed by atoms with Crippen molar-refractivity contribution >= 4 is 21.6 Å². The average Bonchev–Trinajstić information content (AvgIpc) is 2.70. The van der Waals surface area contributed by atoms with Crippen molar-refractivity contribution in [2.75, 3.05) is 4.72 Å². The van der Waals surface area contributed by atoms with Crippen molar-refractivity contribution in [1.82, 2.24) is 5.48 Å². The summed E-state index contributed by atoms with van der Waals surface area (Å²) in [6.07, 6.45) is 0. The number of aryl methyl sites for hydroxylation is 1. The van der Waals surface area contributed by atoms with Crippen molar-refractivity contribution < 1.29 is 18.4 Å². The molecule has 3 rings (SSSR count). The average molecular weight is 396 g/mol. The molecule has 0 aliphatic carbocycles. The van der Waals surface area contributed by atoms with Crippen LogP contribution in [0.4, 0.5) is 5.69 Å². The molecule has 0 bridgehead atoms. The highest BCUT2D eigenvalue weighted by Crippen LogP contribution is 2.27. The van der Waals surface area contributed by atoms with Crippen LogP contribution in [0.2, 0.25) is 0 Å². The number of anilines is 1. The van der Waals surface area contributed by atoms with Gasteiger partial charge in [0.05, 0.1) is 10.8 Å². The maximum Gasteiger partial charge on any atom is 0.261 e. The molecule has 3 N–H and O–H groups in total. The zero-order valence-electron chi connectivity index (χ0n) is 15.2. The van der Waals surface area contributed by atoms with E-state index in [1.165, 1.54) is 6.07 Å². The highest BCUT2D eigenvalue weighted by Gasteiger charge is 2.22. The molecule has 0 heterocycles. The monoisotopic (exact) mass is 396 g/mol. The Balaban J connectivity index is 1.87. The Morgan fingerprint density at radius 1 is 0.893 bits per heavy atom. The molecule has 1 atom stereocenters. The maximum absolute atomic E-state index is 12.5. The van der Waals surface area contributed by atoms with Gasteiger partial charge < -0.3 is 0 Å². The van der Waals surface area contributed by atoms with Crippen LogP contribution in [-0.2, 0) is 14.8 Å². The van der Waals surface area contributed by atoms with Gasteiger partial charge in [0.2, 0.25) is 0 Å². The van der Waals surface area contributed by atoms with Gasteiger partial charge >= 0.3 is 0 Å². The second kappa shape index (κ2) is 8.24. The lowest BCUT2D eigenvalue weighted by Gasteiger charge is -2.16. The van der Waals surface area contributed by atoms with E-state index in [0.717, 1.165) is 5.56 Å². The zero-order valence-corrected chi connectivity index (χ0v) is 16.0. The van der Waals surface area contributed by atoms with Gasteiger partial charge in [0.1, 0.15) is 0 Å². The first-order chi connectivity index (χ1) is 13.4. The quantitative estimate of drug-likeness (QED) is 0.439. The SMILES string of the molecule is Cc1cccc(S(=O)(=O)Nc2ccc(C(C(=O)NO)c3ccccc3)cc2)c1. The molecule has 28 heavy (non-hydrogen) atoms. The van der Waals surface area contributed by atoms with Crippen LogP contribution < -0.4 is 10.2 Å². The van der Waals surface area contributed by atoms with Crippen molar-refractivity contribution in [1.29, 1.82) is 0 Å². The number of carbonyl (C=O) groups excluding carboxylic acids is 1. The smallest absolute Gasteiger partial charge is 0.261 e. The molecule has 0 radical (unpaired) electrons. The summed E-state index contributed by atoms with van der Waals surface area (Å²) in [6, 6.07) is 22.1. The van der Waals surface area contributed by atoms with Gasteiger partial charge in [0.25, 0.3) is 15.9 Å². The minimum Gasteiger partial charge on any atom is -0.289 e. The number of rotatable bonds is 6. The highest BCUT2D eigenvalue weighted by molar-refractivity contribution is 7.92. The summed E-state index contributed by atoms with van der Waals surface area (Å²) in [5, 5.41) is 9.09. The molecule has 7 heteroatoms. The highest BCUT2D eigenvalue weighted by atomic mass is 32.2. The molecular weight excluding hydrogens is 376 g/mol. The zero-order chi connectivity index (χ0) is 20.1.